The molecular formula is C16H24N3O6P. The Bertz CT molecular complexity index is 580. The summed E-state index contributed by atoms with van der Waals surface area (Å²) in [5, 5.41) is 16.3. The molecule has 1 atom stereocenters. The summed E-state index contributed by atoms with van der Waals surface area (Å²) in [5.41, 5.74) is -0.0551. The van der Waals surface area contributed by atoms with Crippen molar-refractivity contribution in [3.8, 4) is 5.75 Å². The fourth-order valence-corrected chi connectivity index (χ4v) is 2.98. The van der Waals surface area contributed by atoms with Crippen molar-refractivity contribution in [2.75, 3.05) is 19.7 Å². The van der Waals surface area contributed by atoms with Gasteiger partial charge in [0.05, 0.1) is 18.1 Å². The SMILES string of the molecule is CCC(CC)COC(=O)CNP(NCC=O)Oc1ccc([N+](=O)[O-])cc1. The molecule has 0 aromatic heterocycles. The molecule has 0 radical (unpaired) electrons. The van der Waals surface area contributed by atoms with Gasteiger partial charge in [0.15, 0.2) is 0 Å². The summed E-state index contributed by atoms with van der Waals surface area (Å²) in [5.74, 6) is 0.299. The molecule has 1 rings (SSSR count). The predicted molar refractivity (Wildman–Crippen MR) is 97.7 cm³/mol. The number of hydrogen-bond donors (Lipinski definition) is 2. The van der Waals surface area contributed by atoms with E-state index in [2.05, 4.69) is 10.2 Å². The van der Waals surface area contributed by atoms with Gasteiger partial charge in [-0.15, -0.1) is 0 Å². The minimum absolute atomic E-state index is 0.0362. The van der Waals surface area contributed by atoms with Gasteiger partial charge < -0.3 is 14.1 Å². The van der Waals surface area contributed by atoms with Crippen LogP contribution in [0.1, 0.15) is 26.7 Å². The number of nitrogens with one attached hydrogen (secondary N) is 2. The Kier molecular flexibility index (Phi) is 10.4. The van der Waals surface area contributed by atoms with E-state index in [0.29, 0.717) is 24.6 Å². The normalized spacial score (nSPS) is 11.8. The van der Waals surface area contributed by atoms with Crippen molar-refractivity contribution >= 4 is 26.4 Å². The third-order valence-corrected chi connectivity index (χ3v) is 4.87. The van der Waals surface area contributed by atoms with E-state index >= 15 is 0 Å². The Morgan fingerprint density at radius 1 is 1.27 bits per heavy atom. The number of hydrogen-bond acceptors (Lipinski definition) is 8. The molecule has 2 N–H and O–H groups in total. The molecular weight excluding hydrogens is 361 g/mol. The molecule has 26 heavy (non-hydrogen) atoms. The van der Waals surface area contributed by atoms with Crippen molar-refractivity contribution < 1.29 is 23.8 Å². The number of nitro groups is 1. The molecule has 144 valence electrons. The van der Waals surface area contributed by atoms with Crippen LogP contribution in [0.5, 0.6) is 5.75 Å². The summed E-state index contributed by atoms with van der Waals surface area (Å²) in [6.07, 6.45) is 2.55. The van der Waals surface area contributed by atoms with E-state index in [-0.39, 0.29) is 18.8 Å². The van der Waals surface area contributed by atoms with Crippen LogP contribution in [0.2, 0.25) is 0 Å². The molecule has 0 aliphatic heterocycles. The highest BCUT2D eigenvalue weighted by Crippen LogP contribution is 2.30. The van der Waals surface area contributed by atoms with Crippen molar-refractivity contribution in [2.24, 2.45) is 5.92 Å². The lowest BCUT2D eigenvalue weighted by Crippen LogP contribution is -2.29. The van der Waals surface area contributed by atoms with Gasteiger partial charge >= 0.3 is 5.97 Å². The van der Waals surface area contributed by atoms with Crippen molar-refractivity contribution in [2.45, 2.75) is 26.7 Å². The summed E-state index contributed by atoms with van der Waals surface area (Å²) < 4.78 is 10.8. The average Bonchev–Trinajstić information content (AvgIpc) is 2.65. The smallest absolute Gasteiger partial charge is 0.320 e. The maximum absolute atomic E-state index is 11.8. The van der Waals surface area contributed by atoms with Gasteiger partial charge in [-0.25, -0.2) is 10.2 Å². The number of ether oxygens (including phenoxy) is 1. The Morgan fingerprint density at radius 3 is 2.46 bits per heavy atom. The molecule has 10 heteroatoms. The Labute approximate surface area is 153 Å². The number of esters is 1. The van der Waals surface area contributed by atoms with E-state index in [9.17, 15) is 19.7 Å². The summed E-state index contributed by atoms with van der Waals surface area (Å²) in [7, 11) is -1.54. The number of carbonyl (C=O) groups is 2. The fraction of sp³-hybridized carbons (Fsp3) is 0.500. The number of benzene rings is 1. The highest BCUT2D eigenvalue weighted by Gasteiger charge is 2.15. The van der Waals surface area contributed by atoms with Crippen LogP contribution in [-0.2, 0) is 14.3 Å². The van der Waals surface area contributed by atoms with Gasteiger partial charge in [0.1, 0.15) is 18.6 Å². The van der Waals surface area contributed by atoms with Gasteiger partial charge in [0.25, 0.3) is 5.69 Å². The first kappa shape index (κ1) is 22.0. The fourth-order valence-electron chi connectivity index (χ4n) is 1.90. The van der Waals surface area contributed by atoms with Gasteiger partial charge in [-0.05, 0) is 18.1 Å². The topological polar surface area (TPSA) is 120 Å². The van der Waals surface area contributed by atoms with Gasteiger partial charge in [0.2, 0.25) is 8.45 Å². The van der Waals surface area contributed by atoms with Crippen LogP contribution in [-0.4, -0.2) is 36.9 Å². The number of nitro benzene ring substituents is 1. The van der Waals surface area contributed by atoms with Crippen LogP contribution in [0.3, 0.4) is 0 Å². The number of carbonyl (C=O) groups excluding carboxylic acids is 2. The highest BCUT2D eigenvalue weighted by atomic mass is 31.2. The maximum atomic E-state index is 11.8. The lowest BCUT2D eigenvalue weighted by molar-refractivity contribution is -0.384. The van der Waals surface area contributed by atoms with Gasteiger partial charge in [-0.2, -0.15) is 0 Å². The van der Waals surface area contributed by atoms with E-state index in [1.165, 1.54) is 24.3 Å². The summed E-state index contributed by atoms with van der Waals surface area (Å²) in [4.78, 5) is 32.5. The van der Waals surface area contributed by atoms with Gasteiger partial charge in [0, 0.05) is 12.1 Å². The molecule has 0 spiro atoms. The zero-order chi connectivity index (χ0) is 19.4. The van der Waals surface area contributed by atoms with E-state index in [0.717, 1.165) is 12.8 Å². The Morgan fingerprint density at radius 2 is 1.92 bits per heavy atom. The quantitative estimate of drug-likeness (QED) is 0.175. The number of rotatable bonds is 13. The molecule has 0 heterocycles. The summed E-state index contributed by atoms with van der Waals surface area (Å²) in [6, 6.07) is 5.52. The average molecular weight is 385 g/mol. The second kappa shape index (κ2) is 12.3. The number of non-ortho nitro benzene ring substituents is 1. The molecule has 0 aliphatic carbocycles. The lowest BCUT2D eigenvalue weighted by Gasteiger charge is -2.19. The highest BCUT2D eigenvalue weighted by molar-refractivity contribution is 7.48. The lowest BCUT2D eigenvalue weighted by atomic mass is 10.1. The Hall–Kier alpha value is -2.09. The molecule has 0 aliphatic rings. The molecule has 0 saturated carbocycles. The van der Waals surface area contributed by atoms with Gasteiger partial charge in [-0.3, -0.25) is 14.9 Å². The molecule has 1 aromatic carbocycles. The van der Waals surface area contributed by atoms with Crippen LogP contribution in [0.25, 0.3) is 0 Å². The van der Waals surface area contributed by atoms with Crippen LogP contribution in [0.15, 0.2) is 24.3 Å². The minimum Gasteiger partial charge on any atom is -0.464 e. The summed E-state index contributed by atoms with van der Waals surface area (Å²) >= 11 is 0. The third-order valence-electron chi connectivity index (χ3n) is 3.56. The third kappa shape index (κ3) is 8.33. The molecule has 0 amide bonds. The van der Waals surface area contributed by atoms with Gasteiger partial charge in [-0.1, -0.05) is 26.7 Å². The molecule has 1 aromatic rings. The molecule has 0 bridgehead atoms. The van der Waals surface area contributed by atoms with E-state index < -0.39 is 19.3 Å². The second-order valence-corrected chi connectivity index (χ2v) is 6.77. The predicted octanol–water partition coefficient (Wildman–Crippen LogP) is 2.56. The van der Waals surface area contributed by atoms with Crippen molar-refractivity contribution in [1.82, 2.24) is 10.2 Å². The minimum atomic E-state index is -1.54. The molecule has 9 nitrogen and oxygen atoms in total. The van der Waals surface area contributed by atoms with Crippen LogP contribution < -0.4 is 14.7 Å². The van der Waals surface area contributed by atoms with Crippen molar-refractivity contribution in [1.29, 1.82) is 0 Å². The zero-order valence-electron chi connectivity index (χ0n) is 14.8. The molecule has 0 saturated heterocycles. The molecule has 0 fully saturated rings. The number of aldehydes is 1. The monoisotopic (exact) mass is 385 g/mol. The zero-order valence-corrected chi connectivity index (χ0v) is 15.7. The standard InChI is InChI=1S/C16H24N3O6P/c1-3-13(4-2)12-24-16(21)11-18-26(17-9-10-20)25-15-7-5-14(6-8-15)19(22)23/h5-8,10,13,17-18H,3-4,9,11-12H2,1-2H3. The first-order chi connectivity index (χ1) is 12.5. The van der Waals surface area contributed by atoms with Crippen molar-refractivity contribution in [3.63, 3.8) is 0 Å². The van der Waals surface area contributed by atoms with Crippen LogP contribution >= 0.6 is 8.45 Å². The van der Waals surface area contributed by atoms with Crippen molar-refractivity contribution in [3.05, 3.63) is 34.4 Å². The summed E-state index contributed by atoms with van der Waals surface area (Å²) in [6.45, 7) is 4.41. The van der Waals surface area contributed by atoms with E-state index in [4.69, 9.17) is 9.26 Å². The maximum Gasteiger partial charge on any atom is 0.320 e. The molecule has 1 unspecified atom stereocenters. The Balaban J connectivity index is 2.53. The largest absolute Gasteiger partial charge is 0.464 e. The number of nitrogens with zero attached hydrogens (tertiary/aromatic N) is 1. The second-order valence-electron chi connectivity index (χ2n) is 5.37. The first-order valence-electron chi connectivity index (χ1n) is 8.28. The van der Waals surface area contributed by atoms with Crippen LogP contribution in [0.4, 0.5) is 5.69 Å². The van der Waals surface area contributed by atoms with Crippen LogP contribution in [0, 0.1) is 16.0 Å². The first-order valence-corrected chi connectivity index (χ1v) is 9.54. The van der Waals surface area contributed by atoms with E-state index in [1.807, 2.05) is 13.8 Å². The van der Waals surface area contributed by atoms with E-state index in [1.54, 1.807) is 0 Å².